The minimum absolute atomic E-state index is 0.0598. The predicted octanol–water partition coefficient (Wildman–Crippen LogP) is 7.20. The van der Waals surface area contributed by atoms with Gasteiger partial charge in [0.25, 0.3) is 5.56 Å². The van der Waals surface area contributed by atoms with E-state index in [1.165, 1.54) is 18.4 Å². The Morgan fingerprint density at radius 3 is 2.58 bits per heavy atom. The zero-order valence-corrected chi connectivity index (χ0v) is 26.3. The molecule has 0 amide bonds. The summed E-state index contributed by atoms with van der Waals surface area (Å²) < 4.78 is 3.75. The molecule has 3 fully saturated rings. The summed E-state index contributed by atoms with van der Waals surface area (Å²) in [4.78, 5) is 30.2. The van der Waals surface area contributed by atoms with Crippen LogP contribution in [-0.4, -0.2) is 42.1 Å². The fourth-order valence-corrected chi connectivity index (χ4v) is 7.23. The lowest BCUT2D eigenvalue weighted by molar-refractivity contribution is 0.137. The molecule has 1 N–H and O–H groups in total. The molecule has 5 heterocycles. The highest BCUT2D eigenvalue weighted by molar-refractivity contribution is 5.85. The van der Waals surface area contributed by atoms with E-state index < -0.39 is 0 Å². The van der Waals surface area contributed by atoms with Crippen LogP contribution < -0.4 is 5.56 Å². The van der Waals surface area contributed by atoms with Gasteiger partial charge < -0.3 is 9.55 Å². The standard InChI is InChI=1S/C37H39N7O/c1-22-5-4-13-43(20-22)23(2)32-18-29-31(25-7-8-25)21-44(37(45)35(29)41-32)34-17-27(16-33(40-34)26-9-10-26)28-11-6-24(19-38)15-30(28)36-39-12-14-42(36)3/h6,11-12,14-18,21-23,25-26,41H,4-5,7-10,13,20H2,1-3H3/t22-,23?/m0/s1. The quantitative estimate of drug-likeness (QED) is 0.214. The van der Waals surface area contributed by atoms with Crippen LogP contribution in [0.5, 0.6) is 0 Å². The van der Waals surface area contributed by atoms with Crippen molar-refractivity contribution in [1.29, 1.82) is 5.26 Å². The molecule has 8 rings (SSSR count). The van der Waals surface area contributed by atoms with Gasteiger partial charge in [0.05, 0.1) is 11.6 Å². The van der Waals surface area contributed by atoms with Crippen molar-refractivity contribution in [1.82, 2.24) is 29.0 Å². The van der Waals surface area contributed by atoms with Gasteiger partial charge in [0, 0.05) is 66.5 Å². The third-order valence-electron chi connectivity index (χ3n) is 10.1. The van der Waals surface area contributed by atoms with E-state index in [2.05, 4.69) is 53.1 Å². The first kappa shape index (κ1) is 28.0. The predicted molar refractivity (Wildman–Crippen MR) is 176 cm³/mol. The monoisotopic (exact) mass is 597 g/mol. The maximum Gasteiger partial charge on any atom is 0.280 e. The molecule has 8 heteroatoms. The van der Waals surface area contributed by atoms with Crippen LogP contribution in [0.1, 0.15) is 92.8 Å². The van der Waals surface area contributed by atoms with E-state index in [0.717, 1.165) is 78.1 Å². The summed E-state index contributed by atoms with van der Waals surface area (Å²) in [5, 5.41) is 10.8. The van der Waals surface area contributed by atoms with Gasteiger partial charge in [-0.3, -0.25) is 14.3 Å². The molecule has 1 aliphatic heterocycles. The number of imidazole rings is 1. The van der Waals surface area contributed by atoms with Crippen LogP contribution in [-0.2, 0) is 7.05 Å². The normalized spacial score (nSPS) is 19.6. The number of aryl methyl sites for hydroxylation is 1. The Kier molecular flexibility index (Phi) is 6.76. The first-order valence-corrected chi connectivity index (χ1v) is 16.4. The Balaban J connectivity index is 1.28. The van der Waals surface area contributed by atoms with E-state index in [1.807, 2.05) is 42.1 Å². The molecule has 2 aliphatic carbocycles. The van der Waals surface area contributed by atoms with Crippen LogP contribution in [0.2, 0.25) is 0 Å². The summed E-state index contributed by atoms with van der Waals surface area (Å²) in [7, 11) is 1.96. The SMILES string of the molecule is CC(c1cc2c(C3CC3)cn(-c3cc(-c4ccc(C#N)cc4-c4nccn4C)cc(C4CC4)n3)c(=O)c2[nH]1)N1CCC[C@H](C)C1. The van der Waals surface area contributed by atoms with Gasteiger partial charge in [0.1, 0.15) is 17.2 Å². The van der Waals surface area contributed by atoms with Gasteiger partial charge in [-0.05, 0) is 111 Å². The molecule has 5 aromatic rings. The molecule has 0 spiro atoms. The summed E-state index contributed by atoms with van der Waals surface area (Å²) in [6.07, 6.45) is 12.8. The fraction of sp³-hybridized carbons (Fsp3) is 0.405. The lowest BCUT2D eigenvalue weighted by atomic mass is 9.96. The van der Waals surface area contributed by atoms with Crippen molar-refractivity contribution in [3.63, 3.8) is 0 Å². The van der Waals surface area contributed by atoms with E-state index in [9.17, 15) is 10.1 Å². The Bertz CT molecular complexity index is 2030. The molecule has 8 nitrogen and oxygen atoms in total. The third kappa shape index (κ3) is 5.09. The first-order chi connectivity index (χ1) is 21.9. The molecular weight excluding hydrogens is 558 g/mol. The number of aromatic amines is 1. The van der Waals surface area contributed by atoms with E-state index in [1.54, 1.807) is 10.8 Å². The van der Waals surface area contributed by atoms with Gasteiger partial charge in [-0.25, -0.2) is 9.97 Å². The number of fused-ring (bicyclic) bond motifs is 1. The third-order valence-corrected chi connectivity index (χ3v) is 10.1. The number of hydrogen-bond acceptors (Lipinski definition) is 5. The van der Waals surface area contributed by atoms with Crippen molar-refractivity contribution >= 4 is 10.9 Å². The maximum atomic E-state index is 14.3. The van der Waals surface area contributed by atoms with Gasteiger partial charge in [-0.1, -0.05) is 13.0 Å². The minimum atomic E-state index is -0.0598. The Labute approximate surface area is 263 Å². The molecule has 4 aromatic heterocycles. The Hall–Kier alpha value is -4.48. The summed E-state index contributed by atoms with van der Waals surface area (Å²) >= 11 is 0. The number of benzene rings is 1. The van der Waals surface area contributed by atoms with Gasteiger partial charge in [0.2, 0.25) is 0 Å². The number of hydrogen-bond donors (Lipinski definition) is 1. The number of piperidine rings is 1. The lowest BCUT2D eigenvalue weighted by Gasteiger charge is -2.35. The second-order valence-electron chi connectivity index (χ2n) is 13.6. The van der Waals surface area contributed by atoms with Crippen molar-refractivity contribution in [3.8, 4) is 34.4 Å². The highest BCUT2D eigenvalue weighted by Gasteiger charge is 2.31. The van der Waals surface area contributed by atoms with Crippen molar-refractivity contribution in [3.05, 3.63) is 87.9 Å². The summed E-state index contributed by atoms with van der Waals surface area (Å²) in [5.41, 5.74) is 7.40. The van der Waals surface area contributed by atoms with Crippen molar-refractivity contribution in [2.45, 2.75) is 70.3 Å². The zero-order chi connectivity index (χ0) is 30.8. The van der Waals surface area contributed by atoms with Crippen LogP contribution in [0.15, 0.2) is 59.8 Å². The number of rotatable bonds is 7. The molecule has 228 valence electrons. The summed E-state index contributed by atoms with van der Waals surface area (Å²) in [6.45, 7) is 6.79. The molecule has 1 saturated heterocycles. The zero-order valence-electron chi connectivity index (χ0n) is 26.3. The summed E-state index contributed by atoms with van der Waals surface area (Å²) in [6, 6.07) is 14.7. The van der Waals surface area contributed by atoms with E-state index in [0.29, 0.717) is 34.7 Å². The van der Waals surface area contributed by atoms with Gasteiger partial charge in [-0.15, -0.1) is 0 Å². The topological polar surface area (TPSA) is 95.5 Å². The number of likely N-dealkylation sites (tertiary alicyclic amines) is 1. The van der Waals surface area contributed by atoms with Crippen LogP contribution in [0, 0.1) is 17.2 Å². The van der Waals surface area contributed by atoms with Crippen LogP contribution in [0.4, 0.5) is 0 Å². The number of nitrogens with one attached hydrogen (secondary N) is 1. The number of pyridine rings is 2. The molecule has 0 radical (unpaired) electrons. The van der Waals surface area contributed by atoms with Crippen molar-refractivity contribution in [2.75, 3.05) is 13.1 Å². The molecule has 45 heavy (non-hydrogen) atoms. The van der Waals surface area contributed by atoms with Crippen molar-refractivity contribution in [2.24, 2.45) is 13.0 Å². The van der Waals surface area contributed by atoms with E-state index >= 15 is 0 Å². The number of nitrogens with zero attached hydrogens (tertiary/aromatic N) is 6. The Morgan fingerprint density at radius 2 is 1.87 bits per heavy atom. The number of H-pyrrole nitrogens is 1. The largest absolute Gasteiger partial charge is 0.353 e. The molecule has 2 atom stereocenters. The highest BCUT2D eigenvalue weighted by Crippen LogP contribution is 2.44. The summed E-state index contributed by atoms with van der Waals surface area (Å²) in [5.74, 6) is 2.99. The lowest BCUT2D eigenvalue weighted by Crippen LogP contribution is -2.36. The van der Waals surface area contributed by atoms with E-state index in [4.69, 9.17) is 4.98 Å². The van der Waals surface area contributed by atoms with Gasteiger partial charge in [0.15, 0.2) is 0 Å². The van der Waals surface area contributed by atoms with Crippen molar-refractivity contribution < 1.29 is 0 Å². The van der Waals surface area contributed by atoms with E-state index in [-0.39, 0.29) is 11.6 Å². The van der Waals surface area contributed by atoms with Crippen LogP contribution in [0.3, 0.4) is 0 Å². The average molecular weight is 598 g/mol. The smallest absolute Gasteiger partial charge is 0.280 e. The Morgan fingerprint density at radius 1 is 1.04 bits per heavy atom. The van der Waals surface area contributed by atoms with Crippen LogP contribution in [0.25, 0.3) is 39.2 Å². The second-order valence-corrected chi connectivity index (χ2v) is 13.6. The average Bonchev–Trinajstić information content (AvgIpc) is 3.99. The van der Waals surface area contributed by atoms with Gasteiger partial charge in [-0.2, -0.15) is 5.26 Å². The number of nitriles is 1. The molecule has 2 saturated carbocycles. The maximum absolute atomic E-state index is 14.3. The molecule has 1 unspecified atom stereocenters. The highest BCUT2D eigenvalue weighted by atomic mass is 16.1. The molecule has 1 aromatic carbocycles. The second kappa shape index (κ2) is 10.8. The number of aromatic nitrogens is 5. The molecule has 0 bridgehead atoms. The van der Waals surface area contributed by atoms with Crippen LogP contribution >= 0.6 is 0 Å². The molecule has 3 aliphatic rings. The minimum Gasteiger partial charge on any atom is -0.353 e. The molecular formula is C37H39N7O. The fourth-order valence-electron chi connectivity index (χ4n) is 7.23. The van der Waals surface area contributed by atoms with Gasteiger partial charge >= 0.3 is 0 Å². The first-order valence-electron chi connectivity index (χ1n) is 16.4.